The molecule has 0 aliphatic heterocycles. The molecule has 0 aliphatic carbocycles. The van der Waals surface area contributed by atoms with Crippen molar-refractivity contribution in [3.8, 4) is 5.75 Å². The molecule has 1 aromatic heterocycles. The number of rotatable bonds is 8. The average molecular weight is 372 g/mol. The number of para-hydroxylation sites is 1. The van der Waals surface area contributed by atoms with E-state index >= 15 is 0 Å². The number of nitrogens with zero attached hydrogens (tertiary/aromatic N) is 4. The van der Waals surface area contributed by atoms with Gasteiger partial charge in [-0.25, -0.2) is 4.99 Å². The van der Waals surface area contributed by atoms with Gasteiger partial charge in [-0.1, -0.05) is 32.0 Å². The van der Waals surface area contributed by atoms with Gasteiger partial charge in [-0.15, -0.1) is 0 Å². The molecule has 0 aliphatic rings. The summed E-state index contributed by atoms with van der Waals surface area (Å²) in [4.78, 5) is 7.04. The maximum atomic E-state index is 5.48. The molecular weight excluding hydrogens is 338 g/mol. The van der Waals surface area contributed by atoms with Crippen LogP contribution in [0.4, 0.5) is 0 Å². The van der Waals surface area contributed by atoms with Crippen LogP contribution >= 0.6 is 0 Å². The highest BCUT2D eigenvalue weighted by atomic mass is 16.5. The number of nitrogens with one attached hydrogen (secondary N) is 1. The van der Waals surface area contributed by atoms with Gasteiger partial charge in [-0.2, -0.15) is 5.10 Å². The number of guanidine groups is 1. The van der Waals surface area contributed by atoms with E-state index in [1.165, 1.54) is 11.3 Å². The smallest absolute Gasteiger partial charge is 0.194 e. The minimum atomic E-state index is 0.638. The Labute approximate surface area is 163 Å². The fraction of sp³-hybridized carbons (Fsp3) is 0.524. The van der Waals surface area contributed by atoms with Gasteiger partial charge in [0.2, 0.25) is 0 Å². The van der Waals surface area contributed by atoms with Crippen molar-refractivity contribution in [3.05, 3.63) is 46.8 Å². The summed E-state index contributed by atoms with van der Waals surface area (Å²) >= 11 is 0. The molecule has 2 rings (SSSR count). The number of aryl methyl sites for hydroxylation is 2. The number of aliphatic imine (C=N–C) groups is 1. The molecule has 0 radical (unpaired) electrons. The predicted octanol–water partition coefficient (Wildman–Crippen LogP) is 3.15. The molecule has 2 aromatic rings. The Bertz CT molecular complexity index is 766. The molecule has 1 N–H and O–H groups in total. The molecule has 148 valence electrons. The van der Waals surface area contributed by atoms with Gasteiger partial charge in [0.1, 0.15) is 5.75 Å². The lowest BCUT2D eigenvalue weighted by Crippen LogP contribution is -2.38. The summed E-state index contributed by atoms with van der Waals surface area (Å²) in [5, 5.41) is 8.06. The van der Waals surface area contributed by atoms with E-state index in [2.05, 4.69) is 49.2 Å². The highest BCUT2D eigenvalue weighted by Gasteiger charge is 2.15. The van der Waals surface area contributed by atoms with Crippen LogP contribution in [0.3, 0.4) is 0 Å². The average Bonchev–Trinajstić information content (AvgIpc) is 2.99. The largest absolute Gasteiger partial charge is 0.496 e. The minimum absolute atomic E-state index is 0.638. The van der Waals surface area contributed by atoms with Crippen LogP contribution in [0, 0.1) is 0 Å². The summed E-state index contributed by atoms with van der Waals surface area (Å²) in [6.07, 6.45) is 1.88. The van der Waals surface area contributed by atoms with Crippen LogP contribution in [0.5, 0.6) is 5.75 Å². The monoisotopic (exact) mass is 371 g/mol. The summed E-state index contributed by atoms with van der Waals surface area (Å²) in [6.45, 7) is 8.59. The van der Waals surface area contributed by atoms with E-state index < -0.39 is 0 Å². The molecule has 1 heterocycles. The molecule has 0 saturated carbocycles. The van der Waals surface area contributed by atoms with E-state index in [0.29, 0.717) is 6.54 Å². The zero-order valence-electron chi connectivity index (χ0n) is 17.5. The Morgan fingerprint density at radius 1 is 1.22 bits per heavy atom. The van der Waals surface area contributed by atoms with Crippen molar-refractivity contribution in [2.45, 2.75) is 46.7 Å². The molecule has 0 fully saturated rings. The molecule has 0 atom stereocenters. The van der Waals surface area contributed by atoms with E-state index in [1.54, 1.807) is 7.11 Å². The second-order valence-electron chi connectivity index (χ2n) is 6.54. The number of benzene rings is 1. The molecule has 0 amide bonds. The summed E-state index contributed by atoms with van der Waals surface area (Å²) in [6, 6.07) is 8.10. The van der Waals surface area contributed by atoms with Gasteiger partial charge in [0.05, 0.1) is 19.3 Å². The Hall–Kier alpha value is -2.50. The molecule has 0 spiro atoms. The summed E-state index contributed by atoms with van der Waals surface area (Å²) in [5.74, 6) is 1.78. The van der Waals surface area contributed by atoms with Gasteiger partial charge in [0.15, 0.2) is 5.96 Å². The van der Waals surface area contributed by atoms with Crippen molar-refractivity contribution < 1.29 is 4.74 Å². The van der Waals surface area contributed by atoms with Crippen molar-refractivity contribution in [2.75, 3.05) is 20.7 Å². The Balaban J connectivity index is 2.23. The lowest BCUT2D eigenvalue weighted by atomic mass is 10.1. The van der Waals surface area contributed by atoms with Gasteiger partial charge >= 0.3 is 0 Å². The molecule has 1 aromatic carbocycles. The predicted molar refractivity (Wildman–Crippen MR) is 111 cm³/mol. The van der Waals surface area contributed by atoms with Crippen LogP contribution in [0.25, 0.3) is 0 Å². The molecule has 0 saturated heterocycles. The van der Waals surface area contributed by atoms with E-state index in [-0.39, 0.29) is 0 Å². The second-order valence-corrected chi connectivity index (χ2v) is 6.54. The van der Waals surface area contributed by atoms with Crippen molar-refractivity contribution in [1.29, 1.82) is 0 Å². The normalized spacial score (nSPS) is 11.6. The molecule has 6 nitrogen and oxygen atoms in total. The molecule has 6 heteroatoms. The number of hydrogen-bond donors (Lipinski definition) is 1. The number of methoxy groups -OCH3 is 1. The van der Waals surface area contributed by atoms with Gasteiger partial charge in [-0.3, -0.25) is 4.68 Å². The quantitative estimate of drug-likeness (QED) is 0.572. The Morgan fingerprint density at radius 3 is 2.59 bits per heavy atom. The third-order valence-electron chi connectivity index (χ3n) is 4.71. The van der Waals surface area contributed by atoms with E-state index in [0.717, 1.165) is 48.9 Å². The fourth-order valence-corrected chi connectivity index (χ4v) is 3.36. The Kier molecular flexibility index (Phi) is 7.70. The second kappa shape index (κ2) is 10.00. The maximum Gasteiger partial charge on any atom is 0.194 e. The first-order chi connectivity index (χ1) is 13.0. The summed E-state index contributed by atoms with van der Waals surface area (Å²) in [5.41, 5.74) is 4.79. The first-order valence-electron chi connectivity index (χ1n) is 9.70. The van der Waals surface area contributed by atoms with Crippen LogP contribution in [-0.4, -0.2) is 41.3 Å². The third kappa shape index (κ3) is 5.02. The zero-order valence-corrected chi connectivity index (χ0v) is 17.5. The van der Waals surface area contributed by atoms with Gasteiger partial charge in [0.25, 0.3) is 0 Å². The standard InChI is InChI=1S/C21H33N5O/c1-7-18-17(19(8-2)26(5)24-18)14-23-21(22-9-3)25(4)15-16-12-10-11-13-20(16)27-6/h10-13H,7-9,14-15H2,1-6H3,(H,22,23). The molecule has 0 bridgehead atoms. The Morgan fingerprint density at radius 2 is 1.96 bits per heavy atom. The highest BCUT2D eigenvalue weighted by molar-refractivity contribution is 5.79. The highest BCUT2D eigenvalue weighted by Crippen LogP contribution is 2.19. The van der Waals surface area contributed by atoms with Crippen molar-refractivity contribution in [1.82, 2.24) is 20.0 Å². The SMILES string of the molecule is CCNC(=NCc1c(CC)nn(C)c1CC)N(C)Cc1ccccc1OC. The maximum absolute atomic E-state index is 5.48. The lowest BCUT2D eigenvalue weighted by molar-refractivity contribution is 0.396. The first-order valence-corrected chi connectivity index (χ1v) is 9.70. The molecular formula is C21H33N5O. The number of ether oxygens (including phenoxy) is 1. The molecule has 0 unspecified atom stereocenters. The third-order valence-corrected chi connectivity index (χ3v) is 4.71. The van der Waals surface area contributed by atoms with E-state index in [1.807, 2.05) is 29.9 Å². The zero-order chi connectivity index (χ0) is 19.8. The van der Waals surface area contributed by atoms with Crippen LogP contribution in [-0.2, 0) is 33.0 Å². The van der Waals surface area contributed by atoms with Crippen LogP contribution < -0.4 is 10.1 Å². The fourth-order valence-electron chi connectivity index (χ4n) is 3.36. The van der Waals surface area contributed by atoms with Crippen molar-refractivity contribution in [2.24, 2.45) is 12.0 Å². The number of aromatic nitrogens is 2. The summed E-state index contributed by atoms with van der Waals surface area (Å²) in [7, 11) is 5.78. The van der Waals surface area contributed by atoms with Crippen LogP contribution in [0.1, 0.15) is 43.3 Å². The minimum Gasteiger partial charge on any atom is -0.496 e. The van der Waals surface area contributed by atoms with Gasteiger partial charge in [-0.05, 0) is 25.8 Å². The van der Waals surface area contributed by atoms with Gasteiger partial charge < -0.3 is 15.0 Å². The van der Waals surface area contributed by atoms with E-state index in [9.17, 15) is 0 Å². The van der Waals surface area contributed by atoms with Gasteiger partial charge in [0, 0.05) is 44.0 Å². The van der Waals surface area contributed by atoms with Crippen LogP contribution in [0.2, 0.25) is 0 Å². The first kappa shape index (κ1) is 20.8. The van der Waals surface area contributed by atoms with E-state index in [4.69, 9.17) is 9.73 Å². The number of hydrogen-bond acceptors (Lipinski definition) is 3. The lowest BCUT2D eigenvalue weighted by Gasteiger charge is -2.23. The topological polar surface area (TPSA) is 54.7 Å². The van der Waals surface area contributed by atoms with Crippen LogP contribution in [0.15, 0.2) is 29.3 Å². The molecule has 27 heavy (non-hydrogen) atoms. The summed E-state index contributed by atoms with van der Waals surface area (Å²) < 4.78 is 7.48. The van der Waals surface area contributed by atoms with Crippen molar-refractivity contribution in [3.63, 3.8) is 0 Å². The van der Waals surface area contributed by atoms with Crippen molar-refractivity contribution >= 4 is 5.96 Å².